The van der Waals surface area contributed by atoms with Crippen LogP contribution in [0, 0.1) is 0 Å². The van der Waals surface area contributed by atoms with Crippen LogP contribution in [0.25, 0.3) is 21.3 Å². The van der Waals surface area contributed by atoms with Gasteiger partial charge in [-0.25, -0.2) is 15.0 Å². The van der Waals surface area contributed by atoms with Crippen molar-refractivity contribution in [3.63, 3.8) is 0 Å². The summed E-state index contributed by atoms with van der Waals surface area (Å²) in [6.07, 6.45) is 0. The summed E-state index contributed by atoms with van der Waals surface area (Å²) in [6.45, 7) is 0. The molecular weight excluding hydrogens is 292 g/mol. The van der Waals surface area contributed by atoms with Gasteiger partial charge in [0.25, 0.3) is 5.22 Å². The smallest absolute Gasteiger partial charge is 0.263 e. The summed E-state index contributed by atoms with van der Waals surface area (Å²) in [6, 6.07) is 9.63. The molecule has 0 unspecified atom stereocenters. The number of fused-ring (bicyclic) bond motifs is 2. The summed E-state index contributed by atoms with van der Waals surface area (Å²) in [5.74, 6) is 0.263. The Morgan fingerprint density at radius 3 is 2.90 bits per heavy atom. The molecule has 1 aromatic carbocycles. The lowest BCUT2D eigenvalue weighted by molar-refractivity contribution is 0.489. The molecule has 0 saturated heterocycles. The number of anilines is 1. The second-order valence-corrected chi connectivity index (χ2v) is 5.91. The Morgan fingerprint density at radius 1 is 1.10 bits per heavy atom. The highest BCUT2D eigenvalue weighted by molar-refractivity contribution is 7.99. The molecule has 3 aromatic heterocycles. The number of thiophene rings is 1. The molecule has 0 aliphatic heterocycles. The highest BCUT2D eigenvalue weighted by atomic mass is 32.2. The molecular formula is C13H8N4OS2. The second-order valence-electron chi connectivity index (χ2n) is 4.08. The van der Waals surface area contributed by atoms with Crippen LogP contribution in [0.1, 0.15) is 0 Å². The van der Waals surface area contributed by atoms with Crippen molar-refractivity contribution in [3.8, 4) is 0 Å². The monoisotopic (exact) mass is 300 g/mol. The Hall–Kier alpha value is -2.12. The summed E-state index contributed by atoms with van der Waals surface area (Å²) < 4.78 is 5.69. The van der Waals surface area contributed by atoms with Gasteiger partial charge in [0.05, 0.1) is 0 Å². The second kappa shape index (κ2) is 4.46. The lowest BCUT2D eigenvalue weighted by Gasteiger charge is -1.99. The fraction of sp³-hybridized carbons (Fsp3) is 0. The van der Waals surface area contributed by atoms with Crippen LogP contribution in [0.5, 0.6) is 0 Å². The van der Waals surface area contributed by atoms with Gasteiger partial charge in [0.1, 0.15) is 15.4 Å². The fourth-order valence-corrected chi connectivity index (χ4v) is 3.59. The first-order valence-electron chi connectivity index (χ1n) is 5.84. The molecule has 0 aliphatic carbocycles. The number of nitrogens with zero attached hydrogens (tertiary/aromatic N) is 3. The van der Waals surface area contributed by atoms with Crippen LogP contribution in [0.3, 0.4) is 0 Å². The summed E-state index contributed by atoms with van der Waals surface area (Å²) in [5, 5.41) is 4.25. The maximum absolute atomic E-state index is 5.73. The van der Waals surface area contributed by atoms with Crippen LogP contribution in [0.4, 0.5) is 5.95 Å². The first kappa shape index (κ1) is 11.7. The number of nitrogens with two attached hydrogens (primary N) is 1. The summed E-state index contributed by atoms with van der Waals surface area (Å²) in [4.78, 5) is 13.8. The predicted octanol–water partition coefficient (Wildman–Crippen LogP) is 3.57. The zero-order valence-electron chi connectivity index (χ0n) is 10.1. The third-order valence-electron chi connectivity index (χ3n) is 2.77. The molecule has 0 amide bonds. The zero-order valence-corrected chi connectivity index (χ0v) is 11.7. The van der Waals surface area contributed by atoms with Gasteiger partial charge in [-0.3, -0.25) is 0 Å². The fourth-order valence-electron chi connectivity index (χ4n) is 1.90. The molecule has 4 rings (SSSR count). The van der Waals surface area contributed by atoms with E-state index in [0.29, 0.717) is 5.22 Å². The first-order valence-corrected chi connectivity index (χ1v) is 7.53. The van der Waals surface area contributed by atoms with Crippen molar-refractivity contribution in [1.29, 1.82) is 0 Å². The molecule has 98 valence electrons. The molecule has 0 saturated carbocycles. The van der Waals surface area contributed by atoms with Gasteiger partial charge in [0, 0.05) is 5.39 Å². The highest BCUT2D eigenvalue weighted by Gasteiger charge is 2.13. The van der Waals surface area contributed by atoms with E-state index in [-0.39, 0.29) is 5.95 Å². The quantitative estimate of drug-likeness (QED) is 0.570. The molecule has 0 spiro atoms. The van der Waals surface area contributed by atoms with Gasteiger partial charge in [-0.15, -0.1) is 11.3 Å². The van der Waals surface area contributed by atoms with Gasteiger partial charge >= 0.3 is 0 Å². The van der Waals surface area contributed by atoms with E-state index in [1.807, 2.05) is 35.7 Å². The number of hydrogen-bond donors (Lipinski definition) is 1. The number of hydrogen-bond acceptors (Lipinski definition) is 7. The van der Waals surface area contributed by atoms with Crippen LogP contribution in [-0.2, 0) is 0 Å². The molecule has 7 heteroatoms. The largest absolute Gasteiger partial charge is 0.431 e. The van der Waals surface area contributed by atoms with Crippen molar-refractivity contribution < 1.29 is 4.42 Å². The third kappa shape index (κ3) is 1.91. The van der Waals surface area contributed by atoms with Gasteiger partial charge in [0.15, 0.2) is 5.58 Å². The summed E-state index contributed by atoms with van der Waals surface area (Å²) in [7, 11) is 0. The average Bonchev–Trinajstić information content (AvgIpc) is 3.03. The number of oxazole rings is 1. The third-order valence-corrected chi connectivity index (χ3v) is 4.43. The molecule has 2 N–H and O–H groups in total. The number of nitrogen functional groups attached to an aromatic ring is 1. The maximum atomic E-state index is 5.73. The average molecular weight is 300 g/mol. The van der Waals surface area contributed by atoms with Crippen molar-refractivity contribution in [1.82, 2.24) is 15.0 Å². The minimum absolute atomic E-state index is 0.263. The number of para-hydroxylation sites is 2. The molecule has 20 heavy (non-hydrogen) atoms. The standard InChI is InChI=1S/C13H8N4OS2/c14-12-16-10-7(5-6-19-10)11(17-12)20-13-15-8-3-1-2-4-9(8)18-13/h1-6H,(H2,14,16,17). The van der Waals surface area contributed by atoms with E-state index in [9.17, 15) is 0 Å². The van der Waals surface area contributed by atoms with E-state index >= 15 is 0 Å². The lowest BCUT2D eigenvalue weighted by Crippen LogP contribution is -1.95. The Kier molecular flexibility index (Phi) is 2.61. The topological polar surface area (TPSA) is 77.8 Å². The van der Waals surface area contributed by atoms with E-state index < -0.39 is 0 Å². The molecule has 5 nitrogen and oxygen atoms in total. The Morgan fingerprint density at radius 2 is 2.00 bits per heavy atom. The number of aromatic nitrogens is 3. The number of rotatable bonds is 2. The Balaban J connectivity index is 1.81. The van der Waals surface area contributed by atoms with E-state index in [0.717, 1.165) is 26.3 Å². The van der Waals surface area contributed by atoms with E-state index in [1.165, 1.54) is 23.1 Å². The summed E-state index contributed by atoms with van der Waals surface area (Å²) in [5.41, 5.74) is 7.33. The molecule has 0 aliphatic rings. The van der Waals surface area contributed by atoms with Crippen molar-refractivity contribution >= 4 is 50.4 Å². The normalized spacial score (nSPS) is 11.4. The lowest BCUT2D eigenvalue weighted by atomic mass is 10.3. The van der Waals surface area contributed by atoms with Crippen molar-refractivity contribution in [2.24, 2.45) is 0 Å². The van der Waals surface area contributed by atoms with Gasteiger partial charge in [0.2, 0.25) is 5.95 Å². The molecule has 0 atom stereocenters. The van der Waals surface area contributed by atoms with Gasteiger partial charge in [-0.2, -0.15) is 0 Å². The van der Waals surface area contributed by atoms with Gasteiger partial charge in [-0.05, 0) is 35.3 Å². The Labute approximate surface area is 121 Å². The molecule has 4 aromatic rings. The maximum Gasteiger partial charge on any atom is 0.263 e. The highest BCUT2D eigenvalue weighted by Crippen LogP contribution is 2.34. The van der Waals surface area contributed by atoms with Crippen molar-refractivity contribution in [2.75, 3.05) is 5.73 Å². The van der Waals surface area contributed by atoms with Crippen LogP contribution < -0.4 is 5.73 Å². The van der Waals surface area contributed by atoms with E-state index in [4.69, 9.17) is 10.2 Å². The number of benzene rings is 1. The van der Waals surface area contributed by atoms with E-state index in [2.05, 4.69) is 15.0 Å². The minimum Gasteiger partial charge on any atom is -0.431 e. The van der Waals surface area contributed by atoms with Crippen molar-refractivity contribution in [2.45, 2.75) is 10.2 Å². The molecule has 0 fully saturated rings. The van der Waals surface area contributed by atoms with Crippen LogP contribution >= 0.6 is 23.1 Å². The minimum atomic E-state index is 0.263. The van der Waals surface area contributed by atoms with Crippen LogP contribution in [0.15, 0.2) is 50.4 Å². The first-order chi connectivity index (χ1) is 9.79. The SMILES string of the molecule is Nc1nc(Sc2nc3ccccc3o2)c2ccsc2n1. The molecule has 3 heterocycles. The van der Waals surface area contributed by atoms with Gasteiger partial charge < -0.3 is 10.2 Å². The molecule has 0 radical (unpaired) electrons. The van der Waals surface area contributed by atoms with Crippen molar-refractivity contribution in [3.05, 3.63) is 35.7 Å². The van der Waals surface area contributed by atoms with E-state index in [1.54, 1.807) is 0 Å². The molecule has 0 bridgehead atoms. The zero-order chi connectivity index (χ0) is 13.5. The van der Waals surface area contributed by atoms with Crippen LogP contribution in [-0.4, -0.2) is 15.0 Å². The van der Waals surface area contributed by atoms with Crippen LogP contribution in [0.2, 0.25) is 0 Å². The predicted molar refractivity (Wildman–Crippen MR) is 80.0 cm³/mol. The van der Waals surface area contributed by atoms with Gasteiger partial charge in [-0.1, -0.05) is 12.1 Å². The Bertz CT molecular complexity index is 882. The summed E-state index contributed by atoms with van der Waals surface area (Å²) >= 11 is 2.90.